The van der Waals surface area contributed by atoms with Gasteiger partial charge in [0.15, 0.2) is 0 Å². The van der Waals surface area contributed by atoms with Gasteiger partial charge in [-0.05, 0) is 23.3 Å². The fourth-order valence-corrected chi connectivity index (χ4v) is 1.59. The van der Waals surface area contributed by atoms with Crippen LogP contribution in [0.1, 0.15) is 11.1 Å². The Hall–Kier alpha value is -2.02. The normalized spacial score (nSPS) is 9.75. The van der Waals surface area contributed by atoms with Gasteiger partial charge in [0.25, 0.3) is 0 Å². The Balaban J connectivity index is 2.02. The minimum absolute atomic E-state index is 0.839. The summed E-state index contributed by atoms with van der Waals surface area (Å²) < 4.78 is 0. The minimum Gasteiger partial charge on any atom is -0.381 e. The fraction of sp³-hybridized carbons (Fsp3) is 0.0667. The Morgan fingerprint density at radius 1 is 1.00 bits per heavy atom. The third-order valence-corrected chi connectivity index (χ3v) is 2.46. The van der Waals surface area contributed by atoms with Crippen LogP contribution < -0.4 is 5.32 Å². The van der Waals surface area contributed by atoms with E-state index in [1.165, 1.54) is 5.56 Å². The average molecular weight is 209 g/mol. The fourth-order valence-electron chi connectivity index (χ4n) is 1.59. The topological polar surface area (TPSA) is 12.0 Å². The summed E-state index contributed by atoms with van der Waals surface area (Å²) in [5.74, 6) is 0. The monoisotopic (exact) mass is 209 g/mol. The van der Waals surface area contributed by atoms with Gasteiger partial charge in [0.1, 0.15) is 0 Å². The van der Waals surface area contributed by atoms with Crippen LogP contribution in [-0.4, -0.2) is 0 Å². The maximum atomic E-state index is 3.77. The molecule has 0 saturated carbocycles. The zero-order valence-corrected chi connectivity index (χ0v) is 9.19. The highest BCUT2D eigenvalue weighted by atomic mass is 14.9. The molecule has 1 nitrogen and oxygen atoms in total. The second-order valence-electron chi connectivity index (χ2n) is 3.67. The molecule has 16 heavy (non-hydrogen) atoms. The standard InChI is InChI=1S/C15H15N/c1-2-13-7-6-8-14(11-13)12-16-15-9-4-3-5-10-15/h2-11,16H,1,12H2. The molecule has 0 unspecified atom stereocenters. The van der Waals surface area contributed by atoms with E-state index in [1.807, 2.05) is 24.3 Å². The number of nitrogens with one attached hydrogen (secondary N) is 1. The van der Waals surface area contributed by atoms with Crippen LogP contribution in [0.25, 0.3) is 6.08 Å². The van der Waals surface area contributed by atoms with E-state index in [2.05, 4.69) is 48.3 Å². The van der Waals surface area contributed by atoms with Crippen molar-refractivity contribution in [2.75, 3.05) is 5.32 Å². The Morgan fingerprint density at radius 2 is 1.81 bits per heavy atom. The molecule has 0 saturated heterocycles. The Morgan fingerprint density at radius 3 is 2.56 bits per heavy atom. The Labute approximate surface area is 96.4 Å². The smallest absolute Gasteiger partial charge is 0.0400 e. The van der Waals surface area contributed by atoms with Crippen LogP contribution in [0, 0.1) is 0 Å². The minimum atomic E-state index is 0.839. The maximum Gasteiger partial charge on any atom is 0.0400 e. The summed E-state index contributed by atoms with van der Waals surface area (Å²) in [5, 5.41) is 3.38. The number of anilines is 1. The van der Waals surface area contributed by atoms with Crippen molar-refractivity contribution in [1.82, 2.24) is 0 Å². The molecule has 0 aliphatic carbocycles. The third-order valence-electron chi connectivity index (χ3n) is 2.46. The summed E-state index contributed by atoms with van der Waals surface area (Å²) in [4.78, 5) is 0. The summed E-state index contributed by atoms with van der Waals surface area (Å²) in [5.41, 5.74) is 3.57. The van der Waals surface area contributed by atoms with Gasteiger partial charge in [0.2, 0.25) is 0 Å². The van der Waals surface area contributed by atoms with Crippen LogP contribution in [0.5, 0.6) is 0 Å². The number of benzene rings is 2. The van der Waals surface area contributed by atoms with E-state index in [9.17, 15) is 0 Å². The van der Waals surface area contributed by atoms with Crippen molar-refractivity contribution in [2.24, 2.45) is 0 Å². The first-order valence-corrected chi connectivity index (χ1v) is 5.39. The summed E-state index contributed by atoms with van der Waals surface area (Å²) in [6.07, 6.45) is 1.87. The summed E-state index contributed by atoms with van der Waals surface area (Å²) in [6.45, 7) is 4.61. The van der Waals surface area contributed by atoms with Gasteiger partial charge in [-0.15, -0.1) is 0 Å². The molecule has 2 aromatic carbocycles. The maximum absolute atomic E-state index is 3.77. The first-order valence-electron chi connectivity index (χ1n) is 5.39. The van der Waals surface area contributed by atoms with Crippen LogP contribution in [-0.2, 0) is 6.54 Å². The highest BCUT2D eigenvalue weighted by Gasteiger charge is 1.94. The van der Waals surface area contributed by atoms with Crippen LogP contribution in [0.3, 0.4) is 0 Å². The largest absolute Gasteiger partial charge is 0.381 e. The van der Waals surface area contributed by atoms with E-state index in [4.69, 9.17) is 0 Å². The number of hydrogen-bond donors (Lipinski definition) is 1. The zero-order valence-electron chi connectivity index (χ0n) is 9.19. The van der Waals surface area contributed by atoms with Gasteiger partial charge in [-0.2, -0.15) is 0 Å². The molecule has 0 spiro atoms. The van der Waals surface area contributed by atoms with Gasteiger partial charge in [0.05, 0.1) is 0 Å². The van der Waals surface area contributed by atoms with Crippen LogP contribution in [0.2, 0.25) is 0 Å². The molecular weight excluding hydrogens is 194 g/mol. The highest BCUT2D eigenvalue weighted by molar-refractivity contribution is 5.49. The SMILES string of the molecule is C=Cc1cccc(CNc2ccccc2)c1. The lowest BCUT2D eigenvalue weighted by Crippen LogP contribution is -1.98. The van der Waals surface area contributed by atoms with E-state index in [0.717, 1.165) is 17.8 Å². The first kappa shape index (κ1) is 10.5. The number of para-hydroxylation sites is 1. The predicted molar refractivity (Wildman–Crippen MR) is 70.3 cm³/mol. The molecule has 0 amide bonds. The third kappa shape index (κ3) is 2.74. The lowest BCUT2D eigenvalue weighted by molar-refractivity contribution is 1.15. The van der Waals surface area contributed by atoms with E-state index < -0.39 is 0 Å². The molecule has 0 aliphatic heterocycles. The molecule has 1 N–H and O–H groups in total. The lowest BCUT2D eigenvalue weighted by Gasteiger charge is -2.06. The van der Waals surface area contributed by atoms with Crippen molar-refractivity contribution in [2.45, 2.75) is 6.54 Å². The van der Waals surface area contributed by atoms with E-state index >= 15 is 0 Å². The number of hydrogen-bond acceptors (Lipinski definition) is 1. The molecule has 0 atom stereocenters. The van der Waals surface area contributed by atoms with Gasteiger partial charge in [-0.1, -0.05) is 55.1 Å². The second-order valence-corrected chi connectivity index (χ2v) is 3.67. The molecule has 2 aromatic rings. The highest BCUT2D eigenvalue weighted by Crippen LogP contribution is 2.10. The van der Waals surface area contributed by atoms with Crippen molar-refractivity contribution in [3.8, 4) is 0 Å². The van der Waals surface area contributed by atoms with Crippen molar-refractivity contribution in [3.05, 3.63) is 72.3 Å². The molecular formula is C15H15N. The number of rotatable bonds is 4. The molecule has 0 aromatic heterocycles. The van der Waals surface area contributed by atoms with Gasteiger partial charge < -0.3 is 5.32 Å². The predicted octanol–water partition coefficient (Wildman–Crippen LogP) is 3.94. The van der Waals surface area contributed by atoms with Crippen LogP contribution in [0.4, 0.5) is 5.69 Å². The van der Waals surface area contributed by atoms with Crippen LogP contribution >= 0.6 is 0 Å². The van der Waals surface area contributed by atoms with Gasteiger partial charge in [0, 0.05) is 12.2 Å². The second kappa shape index (κ2) is 5.17. The zero-order chi connectivity index (χ0) is 11.2. The summed E-state index contributed by atoms with van der Waals surface area (Å²) >= 11 is 0. The Bertz CT molecular complexity index is 460. The molecule has 0 aliphatic rings. The molecule has 2 rings (SSSR count). The van der Waals surface area contributed by atoms with Crippen molar-refractivity contribution in [3.63, 3.8) is 0 Å². The van der Waals surface area contributed by atoms with E-state index in [-0.39, 0.29) is 0 Å². The Kier molecular flexibility index (Phi) is 3.39. The molecule has 0 heterocycles. The van der Waals surface area contributed by atoms with Gasteiger partial charge in [-0.25, -0.2) is 0 Å². The summed E-state index contributed by atoms with van der Waals surface area (Å²) in [6, 6.07) is 18.6. The quantitative estimate of drug-likeness (QED) is 0.804. The molecule has 0 fully saturated rings. The van der Waals surface area contributed by atoms with Gasteiger partial charge >= 0.3 is 0 Å². The molecule has 0 bridgehead atoms. The average Bonchev–Trinajstić information content (AvgIpc) is 2.38. The van der Waals surface area contributed by atoms with Crippen molar-refractivity contribution in [1.29, 1.82) is 0 Å². The lowest BCUT2D eigenvalue weighted by atomic mass is 10.1. The van der Waals surface area contributed by atoms with Crippen molar-refractivity contribution < 1.29 is 0 Å². The van der Waals surface area contributed by atoms with Crippen LogP contribution in [0.15, 0.2) is 61.2 Å². The molecule has 0 radical (unpaired) electrons. The summed E-state index contributed by atoms with van der Waals surface area (Å²) in [7, 11) is 0. The first-order chi connectivity index (χ1) is 7.88. The molecule has 1 heteroatoms. The van der Waals surface area contributed by atoms with Crippen molar-refractivity contribution >= 4 is 11.8 Å². The van der Waals surface area contributed by atoms with E-state index in [0.29, 0.717) is 0 Å². The van der Waals surface area contributed by atoms with E-state index in [1.54, 1.807) is 0 Å². The molecule has 80 valence electrons. The van der Waals surface area contributed by atoms with Gasteiger partial charge in [-0.3, -0.25) is 0 Å².